The summed E-state index contributed by atoms with van der Waals surface area (Å²) in [5, 5.41) is 5.89. The van der Waals surface area contributed by atoms with Crippen LogP contribution in [0.1, 0.15) is 13.8 Å². The standard InChI is InChI=1S/C8H16N2O2/c1-6(2)9-3-8(11)10-7-4-12-5-7/h6-7,9H,3-5H2,1-2H3,(H,10,11). The van der Waals surface area contributed by atoms with Crippen molar-refractivity contribution in [2.75, 3.05) is 19.8 Å². The molecule has 4 heteroatoms. The van der Waals surface area contributed by atoms with Gasteiger partial charge >= 0.3 is 0 Å². The molecule has 0 bridgehead atoms. The molecule has 70 valence electrons. The maximum atomic E-state index is 11.1. The molecule has 0 atom stereocenters. The van der Waals surface area contributed by atoms with Crippen molar-refractivity contribution >= 4 is 5.91 Å². The monoisotopic (exact) mass is 172 g/mol. The fourth-order valence-corrected chi connectivity index (χ4v) is 0.895. The normalized spacial score (nSPS) is 17.6. The number of carbonyl (C=O) groups excluding carboxylic acids is 1. The van der Waals surface area contributed by atoms with Crippen molar-refractivity contribution in [1.82, 2.24) is 10.6 Å². The Hall–Kier alpha value is -0.610. The molecule has 1 amide bonds. The van der Waals surface area contributed by atoms with Gasteiger partial charge in [0.1, 0.15) is 0 Å². The fraction of sp³-hybridized carbons (Fsp3) is 0.875. The molecule has 0 aromatic heterocycles. The van der Waals surface area contributed by atoms with Crippen LogP contribution >= 0.6 is 0 Å². The van der Waals surface area contributed by atoms with Crippen LogP contribution in [0.4, 0.5) is 0 Å². The van der Waals surface area contributed by atoms with E-state index in [1.807, 2.05) is 13.8 Å². The van der Waals surface area contributed by atoms with E-state index in [1.54, 1.807) is 0 Å². The van der Waals surface area contributed by atoms with Gasteiger partial charge in [-0.25, -0.2) is 0 Å². The molecule has 4 nitrogen and oxygen atoms in total. The Morgan fingerprint density at radius 2 is 2.25 bits per heavy atom. The van der Waals surface area contributed by atoms with E-state index < -0.39 is 0 Å². The van der Waals surface area contributed by atoms with Crippen LogP contribution in [0.25, 0.3) is 0 Å². The van der Waals surface area contributed by atoms with Crippen molar-refractivity contribution in [3.8, 4) is 0 Å². The van der Waals surface area contributed by atoms with Crippen molar-refractivity contribution in [3.63, 3.8) is 0 Å². The third kappa shape index (κ3) is 3.19. The Kier molecular flexibility index (Phi) is 3.49. The maximum Gasteiger partial charge on any atom is 0.234 e. The molecule has 0 aromatic rings. The van der Waals surface area contributed by atoms with Gasteiger partial charge in [-0.2, -0.15) is 0 Å². The summed E-state index contributed by atoms with van der Waals surface area (Å²) < 4.78 is 4.93. The number of hydrogen-bond acceptors (Lipinski definition) is 3. The first-order valence-electron chi connectivity index (χ1n) is 4.29. The second-order valence-electron chi connectivity index (χ2n) is 3.34. The van der Waals surface area contributed by atoms with E-state index >= 15 is 0 Å². The zero-order chi connectivity index (χ0) is 8.97. The molecule has 1 rings (SSSR count). The van der Waals surface area contributed by atoms with Crippen LogP contribution in [0.15, 0.2) is 0 Å². The van der Waals surface area contributed by atoms with Crippen LogP contribution < -0.4 is 10.6 Å². The lowest BCUT2D eigenvalue weighted by molar-refractivity contribution is -0.124. The van der Waals surface area contributed by atoms with E-state index in [0.717, 1.165) is 0 Å². The van der Waals surface area contributed by atoms with Gasteiger partial charge in [0.25, 0.3) is 0 Å². The molecule has 1 aliphatic heterocycles. The molecule has 1 heterocycles. The Morgan fingerprint density at radius 3 is 2.67 bits per heavy atom. The molecule has 2 N–H and O–H groups in total. The summed E-state index contributed by atoms with van der Waals surface area (Å²) in [6.45, 7) is 5.74. The highest BCUT2D eigenvalue weighted by atomic mass is 16.5. The number of rotatable bonds is 4. The first kappa shape index (κ1) is 9.48. The molecular weight excluding hydrogens is 156 g/mol. The smallest absolute Gasteiger partial charge is 0.234 e. The Balaban J connectivity index is 2.03. The van der Waals surface area contributed by atoms with Crippen molar-refractivity contribution in [3.05, 3.63) is 0 Å². The van der Waals surface area contributed by atoms with E-state index in [9.17, 15) is 4.79 Å². The molecule has 0 radical (unpaired) electrons. The average molecular weight is 172 g/mol. The van der Waals surface area contributed by atoms with Crippen LogP contribution in [0.5, 0.6) is 0 Å². The van der Waals surface area contributed by atoms with Gasteiger partial charge in [0.05, 0.1) is 25.8 Å². The summed E-state index contributed by atoms with van der Waals surface area (Å²) in [7, 11) is 0. The molecule has 0 saturated carbocycles. The van der Waals surface area contributed by atoms with Gasteiger partial charge in [-0.1, -0.05) is 13.8 Å². The molecule has 1 saturated heterocycles. The average Bonchev–Trinajstić information content (AvgIpc) is 1.93. The van der Waals surface area contributed by atoms with Gasteiger partial charge in [-0.05, 0) is 0 Å². The van der Waals surface area contributed by atoms with Crippen LogP contribution in [-0.4, -0.2) is 37.7 Å². The van der Waals surface area contributed by atoms with Crippen LogP contribution in [0.3, 0.4) is 0 Å². The first-order chi connectivity index (χ1) is 5.68. The summed E-state index contributed by atoms with van der Waals surface area (Å²) in [6.07, 6.45) is 0. The summed E-state index contributed by atoms with van der Waals surface area (Å²) in [6, 6.07) is 0.597. The number of nitrogens with one attached hydrogen (secondary N) is 2. The van der Waals surface area contributed by atoms with Gasteiger partial charge < -0.3 is 15.4 Å². The van der Waals surface area contributed by atoms with Gasteiger partial charge in [-0.15, -0.1) is 0 Å². The maximum absolute atomic E-state index is 11.1. The van der Waals surface area contributed by atoms with Gasteiger partial charge in [-0.3, -0.25) is 4.79 Å². The third-order valence-corrected chi connectivity index (χ3v) is 1.67. The number of carbonyl (C=O) groups is 1. The van der Waals surface area contributed by atoms with Gasteiger partial charge in [0.2, 0.25) is 5.91 Å². The minimum atomic E-state index is 0.0528. The lowest BCUT2D eigenvalue weighted by atomic mass is 10.2. The van der Waals surface area contributed by atoms with Crippen molar-refractivity contribution in [1.29, 1.82) is 0 Å². The predicted octanol–water partition coefficient (Wildman–Crippen LogP) is -0.501. The molecule has 0 aromatic carbocycles. The first-order valence-corrected chi connectivity index (χ1v) is 4.29. The van der Waals surface area contributed by atoms with E-state index in [4.69, 9.17) is 4.74 Å². The quantitative estimate of drug-likeness (QED) is 0.601. The Labute approximate surface area is 72.7 Å². The van der Waals surface area contributed by atoms with Crippen molar-refractivity contribution < 1.29 is 9.53 Å². The second-order valence-corrected chi connectivity index (χ2v) is 3.34. The minimum absolute atomic E-state index is 0.0528. The largest absolute Gasteiger partial charge is 0.377 e. The predicted molar refractivity (Wildman–Crippen MR) is 45.9 cm³/mol. The molecule has 1 fully saturated rings. The molecule has 0 spiro atoms. The van der Waals surface area contributed by atoms with E-state index in [-0.39, 0.29) is 11.9 Å². The number of hydrogen-bond donors (Lipinski definition) is 2. The summed E-state index contributed by atoms with van der Waals surface area (Å²) in [5.74, 6) is 0.0528. The second kappa shape index (κ2) is 4.42. The topological polar surface area (TPSA) is 50.4 Å². The highest BCUT2D eigenvalue weighted by molar-refractivity contribution is 5.78. The Bertz CT molecular complexity index is 155. The summed E-state index contributed by atoms with van der Waals surface area (Å²) >= 11 is 0. The minimum Gasteiger partial charge on any atom is -0.377 e. The van der Waals surface area contributed by atoms with Crippen LogP contribution in [0, 0.1) is 0 Å². The zero-order valence-corrected chi connectivity index (χ0v) is 7.59. The zero-order valence-electron chi connectivity index (χ0n) is 7.59. The third-order valence-electron chi connectivity index (χ3n) is 1.67. The fourth-order valence-electron chi connectivity index (χ4n) is 0.895. The summed E-state index contributed by atoms with van der Waals surface area (Å²) in [4.78, 5) is 11.1. The van der Waals surface area contributed by atoms with E-state index in [1.165, 1.54) is 0 Å². The molecule has 0 aliphatic carbocycles. The van der Waals surface area contributed by atoms with Crippen molar-refractivity contribution in [2.45, 2.75) is 25.9 Å². The number of amides is 1. The highest BCUT2D eigenvalue weighted by Gasteiger charge is 2.19. The van der Waals surface area contributed by atoms with Gasteiger partial charge in [0.15, 0.2) is 0 Å². The van der Waals surface area contributed by atoms with Crippen LogP contribution in [-0.2, 0) is 9.53 Å². The number of ether oxygens (including phenoxy) is 1. The van der Waals surface area contributed by atoms with Gasteiger partial charge in [0, 0.05) is 6.04 Å². The lowest BCUT2D eigenvalue weighted by Crippen LogP contribution is -2.51. The van der Waals surface area contributed by atoms with Crippen molar-refractivity contribution in [2.24, 2.45) is 0 Å². The van der Waals surface area contributed by atoms with E-state index in [2.05, 4.69) is 10.6 Å². The SMILES string of the molecule is CC(C)NCC(=O)NC1COC1. The molecular formula is C8H16N2O2. The van der Waals surface area contributed by atoms with E-state index in [0.29, 0.717) is 25.8 Å². The summed E-state index contributed by atoms with van der Waals surface area (Å²) in [5.41, 5.74) is 0. The highest BCUT2D eigenvalue weighted by Crippen LogP contribution is 1.98. The molecule has 12 heavy (non-hydrogen) atoms. The Morgan fingerprint density at radius 1 is 1.58 bits per heavy atom. The molecule has 0 unspecified atom stereocenters. The van der Waals surface area contributed by atoms with Crippen LogP contribution in [0.2, 0.25) is 0 Å². The lowest BCUT2D eigenvalue weighted by Gasteiger charge is -2.26. The molecule has 1 aliphatic rings.